The molecule has 1 aromatic carbocycles. The van der Waals surface area contributed by atoms with Crippen molar-refractivity contribution in [2.45, 2.75) is 44.1 Å². The molecule has 0 aliphatic heterocycles. The topological polar surface area (TPSA) is 46.2 Å². The molecule has 3 atom stereocenters. The van der Waals surface area contributed by atoms with Crippen molar-refractivity contribution in [2.24, 2.45) is 23.0 Å². The Labute approximate surface area is 115 Å². The van der Waals surface area contributed by atoms with Gasteiger partial charge >= 0.3 is 0 Å². The summed E-state index contributed by atoms with van der Waals surface area (Å²) in [5.41, 5.74) is 8.25. The van der Waals surface area contributed by atoms with Crippen LogP contribution in [0, 0.1) is 17.3 Å². The summed E-state index contributed by atoms with van der Waals surface area (Å²) in [7, 11) is 0. The molecular formula is C17H23NO. The molecule has 2 bridgehead atoms. The van der Waals surface area contributed by atoms with Crippen molar-refractivity contribution in [3.63, 3.8) is 0 Å². The normalized spacial score (nSPS) is 38.6. The van der Waals surface area contributed by atoms with E-state index in [2.05, 4.69) is 24.3 Å². The van der Waals surface area contributed by atoms with Crippen LogP contribution in [0.2, 0.25) is 0 Å². The summed E-state index contributed by atoms with van der Waals surface area (Å²) in [6.45, 7) is 0.651. The van der Waals surface area contributed by atoms with Gasteiger partial charge in [-0.2, -0.15) is 0 Å². The van der Waals surface area contributed by atoms with E-state index in [1.807, 2.05) is 0 Å². The fourth-order valence-electron chi connectivity index (χ4n) is 5.40. The van der Waals surface area contributed by atoms with Gasteiger partial charge in [0.05, 0.1) is 5.60 Å². The van der Waals surface area contributed by atoms with Gasteiger partial charge in [-0.3, -0.25) is 0 Å². The summed E-state index contributed by atoms with van der Waals surface area (Å²) in [5.74, 6) is 1.48. The van der Waals surface area contributed by atoms with Crippen LogP contribution in [0.3, 0.4) is 0 Å². The average Bonchev–Trinajstić information content (AvgIpc) is 3.09. The van der Waals surface area contributed by atoms with E-state index in [1.165, 1.54) is 30.4 Å². The molecule has 2 nitrogen and oxygen atoms in total. The number of nitrogens with two attached hydrogens (primary N) is 1. The van der Waals surface area contributed by atoms with Crippen LogP contribution in [0.25, 0.3) is 0 Å². The number of hydrogen-bond donors (Lipinski definition) is 2. The first-order chi connectivity index (χ1) is 9.17. The molecule has 2 heteroatoms. The molecule has 3 aliphatic rings. The lowest BCUT2D eigenvalue weighted by Crippen LogP contribution is -2.56. The van der Waals surface area contributed by atoms with Crippen LogP contribution in [0.1, 0.15) is 36.8 Å². The monoisotopic (exact) mass is 257 g/mol. The van der Waals surface area contributed by atoms with E-state index in [9.17, 15) is 5.11 Å². The Morgan fingerprint density at radius 1 is 1.16 bits per heavy atom. The zero-order valence-corrected chi connectivity index (χ0v) is 11.4. The fraction of sp³-hybridized carbons (Fsp3) is 0.647. The molecule has 3 unspecified atom stereocenters. The van der Waals surface area contributed by atoms with Gasteiger partial charge in [0.2, 0.25) is 0 Å². The third-order valence-electron chi connectivity index (χ3n) is 6.35. The zero-order chi connectivity index (χ0) is 13.1. The molecule has 4 rings (SSSR count). The Morgan fingerprint density at radius 3 is 2.32 bits per heavy atom. The molecule has 0 amide bonds. The maximum absolute atomic E-state index is 11.4. The summed E-state index contributed by atoms with van der Waals surface area (Å²) < 4.78 is 0. The Morgan fingerprint density at radius 2 is 1.84 bits per heavy atom. The van der Waals surface area contributed by atoms with Gasteiger partial charge in [0.15, 0.2) is 0 Å². The van der Waals surface area contributed by atoms with Gasteiger partial charge < -0.3 is 10.8 Å². The van der Waals surface area contributed by atoms with Crippen LogP contribution in [-0.4, -0.2) is 17.3 Å². The molecule has 102 valence electrons. The second-order valence-corrected chi connectivity index (χ2v) is 7.09. The second kappa shape index (κ2) is 3.83. The largest absolute Gasteiger partial charge is 0.389 e. The number of aliphatic hydroxyl groups is 1. The number of benzene rings is 1. The summed E-state index contributed by atoms with van der Waals surface area (Å²) in [6, 6.07) is 8.51. The molecule has 0 saturated heterocycles. The van der Waals surface area contributed by atoms with Gasteiger partial charge in [0, 0.05) is 24.8 Å². The summed E-state index contributed by atoms with van der Waals surface area (Å²) in [4.78, 5) is 0. The van der Waals surface area contributed by atoms with Crippen molar-refractivity contribution < 1.29 is 5.11 Å². The van der Waals surface area contributed by atoms with Gasteiger partial charge in [-0.1, -0.05) is 30.7 Å². The lowest BCUT2D eigenvalue weighted by Gasteiger charge is -2.48. The smallest absolute Gasteiger partial charge is 0.0798 e. The van der Waals surface area contributed by atoms with Crippen LogP contribution in [0.15, 0.2) is 24.3 Å². The minimum atomic E-state index is -0.592. The summed E-state index contributed by atoms with van der Waals surface area (Å²) >= 11 is 0. The van der Waals surface area contributed by atoms with Gasteiger partial charge in [-0.05, 0) is 42.2 Å². The Hall–Kier alpha value is -0.860. The van der Waals surface area contributed by atoms with Gasteiger partial charge in [0.1, 0.15) is 0 Å². The molecule has 1 aromatic rings. The molecular weight excluding hydrogens is 234 g/mol. The van der Waals surface area contributed by atoms with Crippen molar-refractivity contribution in [3.05, 3.63) is 35.4 Å². The lowest BCUT2D eigenvalue weighted by molar-refractivity contribution is -0.102. The highest BCUT2D eigenvalue weighted by Crippen LogP contribution is 2.62. The van der Waals surface area contributed by atoms with E-state index in [0.717, 1.165) is 25.2 Å². The van der Waals surface area contributed by atoms with Gasteiger partial charge in [-0.25, -0.2) is 0 Å². The van der Waals surface area contributed by atoms with Crippen LogP contribution < -0.4 is 5.73 Å². The van der Waals surface area contributed by atoms with E-state index in [1.54, 1.807) is 0 Å². The van der Waals surface area contributed by atoms with Gasteiger partial charge in [0.25, 0.3) is 0 Å². The van der Waals surface area contributed by atoms with Crippen LogP contribution in [-0.2, 0) is 12.8 Å². The minimum absolute atomic E-state index is 0.0189. The molecule has 0 spiro atoms. The summed E-state index contributed by atoms with van der Waals surface area (Å²) in [6.07, 6.45) is 6.71. The van der Waals surface area contributed by atoms with Crippen molar-refractivity contribution in [3.8, 4) is 0 Å². The minimum Gasteiger partial charge on any atom is -0.389 e. The van der Waals surface area contributed by atoms with Crippen molar-refractivity contribution >= 4 is 0 Å². The molecule has 2 saturated carbocycles. The number of rotatable bonds is 2. The van der Waals surface area contributed by atoms with Crippen molar-refractivity contribution in [1.82, 2.24) is 0 Å². The lowest BCUT2D eigenvalue weighted by atomic mass is 9.61. The number of hydrogen-bond acceptors (Lipinski definition) is 2. The third-order valence-corrected chi connectivity index (χ3v) is 6.35. The molecule has 3 N–H and O–H groups in total. The molecule has 0 heterocycles. The maximum Gasteiger partial charge on any atom is 0.0798 e. The van der Waals surface area contributed by atoms with Crippen molar-refractivity contribution in [2.75, 3.05) is 6.54 Å². The second-order valence-electron chi connectivity index (χ2n) is 7.09. The highest BCUT2D eigenvalue weighted by Gasteiger charge is 2.61. The van der Waals surface area contributed by atoms with Gasteiger partial charge in [-0.15, -0.1) is 0 Å². The number of fused-ring (bicyclic) bond motifs is 3. The van der Waals surface area contributed by atoms with Crippen LogP contribution >= 0.6 is 0 Å². The predicted octanol–water partition coefficient (Wildman–Crippen LogP) is 2.28. The predicted molar refractivity (Wildman–Crippen MR) is 75.7 cm³/mol. The van der Waals surface area contributed by atoms with E-state index >= 15 is 0 Å². The van der Waals surface area contributed by atoms with Crippen LogP contribution in [0.5, 0.6) is 0 Å². The Bertz CT molecular complexity index is 487. The zero-order valence-electron chi connectivity index (χ0n) is 11.4. The highest BCUT2D eigenvalue weighted by atomic mass is 16.3. The van der Waals surface area contributed by atoms with E-state index in [4.69, 9.17) is 5.73 Å². The Kier molecular flexibility index (Phi) is 2.40. The standard InChI is InChI=1S/C17H23NO/c18-11-16(8-12-5-6-15(16)7-12)17(19)9-13-3-1-2-4-14(13)10-17/h1-4,12,15,19H,5-11,18H2. The highest BCUT2D eigenvalue weighted by molar-refractivity contribution is 5.37. The molecule has 0 radical (unpaired) electrons. The first-order valence-electron chi connectivity index (χ1n) is 7.66. The fourth-order valence-corrected chi connectivity index (χ4v) is 5.40. The first-order valence-corrected chi connectivity index (χ1v) is 7.66. The van der Waals surface area contributed by atoms with E-state index < -0.39 is 5.60 Å². The quantitative estimate of drug-likeness (QED) is 0.854. The van der Waals surface area contributed by atoms with E-state index in [-0.39, 0.29) is 5.41 Å². The third kappa shape index (κ3) is 1.45. The van der Waals surface area contributed by atoms with Crippen LogP contribution in [0.4, 0.5) is 0 Å². The average molecular weight is 257 g/mol. The SMILES string of the molecule is NCC1(C2(O)Cc3ccccc3C2)CC2CCC1C2. The molecule has 19 heavy (non-hydrogen) atoms. The Balaban J connectivity index is 1.73. The molecule has 2 fully saturated rings. The first kappa shape index (κ1) is 11.9. The molecule has 3 aliphatic carbocycles. The molecule has 0 aromatic heterocycles. The summed E-state index contributed by atoms with van der Waals surface area (Å²) in [5, 5.41) is 11.4. The van der Waals surface area contributed by atoms with E-state index in [0.29, 0.717) is 12.5 Å². The maximum atomic E-state index is 11.4. The van der Waals surface area contributed by atoms with Crippen molar-refractivity contribution in [1.29, 1.82) is 0 Å².